The van der Waals surface area contributed by atoms with Crippen LogP contribution in [0, 0.1) is 5.92 Å². The summed E-state index contributed by atoms with van der Waals surface area (Å²) in [7, 11) is -3.62. The molecule has 1 amide bonds. The van der Waals surface area contributed by atoms with E-state index in [1.807, 2.05) is 6.92 Å². The van der Waals surface area contributed by atoms with Crippen molar-refractivity contribution in [2.75, 3.05) is 32.8 Å². The van der Waals surface area contributed by atoms with Crippen molar-refractivity contribution in [2.45, 2.75) is 31.1 Å². The molecule has 9 heteroatoms. The average Bonchev–Trinajstić information content (AvgIpc) is 3.09. The number of hydrogen-bond acceptors (Lipinski definition) is 5. The lowest BCUT2D eigenvalue weighted by atomic mass is 10.1. The van der Waals surface area contributed by atoms with Gasteiger partial charge in [-0.2, -0.15) is 0 Å². The highest BCUT2D eigenvalue weighted by molar-refractivity contribution is 7.89. The molecule has 26 heavy (non-hydrogen) atoms. The first kappa shape index (κ1) is 22.7. The molecule has 1 heterocycles. The van der Waals surface area contributed by atoms with Crippen molar-refractivity contribution in [1.29, 1.82) is 0 Å². The van der Waals surface area contributed by atoms with Crippen molar-refractivity contribution in [3.05, 3.63) is 24.3 Å². The van der Waals surface area contributed by atoms with Gasteiger partial charge >= 0.3 is 0 Å². The summed E-state index contributed by atoms with van der Waals surface area (Å²) in [5.41, 5.74) is 0. The highest BCUT2D eigenvalue weighted by Crippen LogP contribution is 2.15. The number of hydrogen-bond donors (Lipinski definition) is 3. The fourth-order valence-electron chi connectivity index (χ4n) is 2.73. The Bertz CT molecular complexity index is 646. The molecule has 7 nitrogen and oxygen atoms in total. The summed E-state index contributed by atoms with van der Waals surface area (Å²) in [4.78, 5) is 11.9. The van der Waals surface area contributed by atoms with Crippen LogP contribution in [-0.2, 0) is 14.8 Å². The average molecular weight is 406 g/mol. The first-order valence-electron chi connectivity index (χ1n) is 8.71. The van der Waals surface area contributed by atoms with E-state index in [2.05, 4.69) is 15.4 Å². The van der Waals surface area contributed by atoms with Crippen molar-refractivity contribution < 1.29 is 17.9 Å². The second kappa shape index (κ2) is 11.4. The number of carbonyl (C=O) groups is 1. The van der Waals surface area contributed by atoms with E-state index in [1.165, 1.54) is 12.1 Å². The molecule has 0 aliphatic carbocycles. The van der Waals surface area contributed by atoms with Gasteiger partial charge in [0.05, 0.1) is 11.5 Å². The van der Waals surface area contributed by atoms with Crippen LogP contribution in [0.15, 0.2) is 29.2 Å². The second-order valence-electron chi connectivity index (χ2n) is 6.05. The van der Waals surface area contributed by atoms with Gasteiger partial charge in [0, 0.05) is 19.5 Å². The second-order valence-corrected chi connectivity index (χ2v) is 7.82. The van der Waals surface area contributed by atoms with Crippen LogP contribution in [0.4, 0.5) is 0 Å². The fourth-order valence-corrected chi connectivity index (χ4v) is 3.76. The van der Waals surface area contributed by atoms with E-state index in [0.29, 0.717) is 24.8 Å². The zero-order valence-electron chi connectivity index (χ0n) is 15.0. The van der Waals surface area contributed by atoms with Crippen molar-refractivity contribution in [1.82, 2.24) is 15.4 Å². The number of amides is 1. The Morgan fingerprint density at radius 2 is 2.00 bits per heavy atom. The van der Waals surface area contributed by atoms with Crippen LogP contribution in [0.5, 0.6) is 5.75 Å². The molecule has 1 saturated heterocycles. The molecular weight excluding hydrogens is 378 g/mol. The maximum atomic E-state index is 12.2. The molecule has 0 bridgehead atoms. The van der Waals surface area contributed by atoms with Gasteiger partial charge in [0.2, 0.25) is 15.9 Å². The third-order valence-corrected chi connectivity index (χ3v) is 5.60. The smallest absolute Gasteiger partial charge is 0.240 e. The summed E-state index contributed by atoms with van der Waals surface area (Å²) in [6, 6.07) is 6.21. The van der Waals surface area contributed by atoms with Gasteiger partial charge in [0.1, 0.15) is 5.75 Å². The molecule has 1 unspecified atom stereocenters. The third kappa shape index (κ3) is 7.49. The first-order chi connectivity index (χ1) is 12.0. The monoisotopic (exact) mass is 405 g/mol. The highest BCUT2D eigenvalue weighted by Gasteiger charge is 2.16. The third-order valence-electron chi connectivity index (χ3n) is 4.13. The van der Waals surface area contributed by atoms with Crippen molar-refractivity contribution in [3.63, 3.8) is 0 Å². The number of carbonyl (C=O) groups excluding carboxylic acids is 1. The SMILES string of the molecule is CCOc1ccc(S(=O)(=O)NCCC(=O)NCCC2CCNC2)cc1.Cl. The van der Waals surface area contributed by atoms with Gasteiger partial charge in [-0.1, -0.05) is 0 Å². The number of sulfonamides is 1. The lowest BCUT2D eigenvalue weighted by molar-refractivity contribution is -0.120. The minimum Gasteiger partial charge on any atom is -0.494 e. The summed E-state index contributed by atoms with van der Waals surface area (Å²) in [6.07, 6.45) is 2.23. The standard InChI is InChI=1S/C17H27N3O4S.ClH/c1-2-24-15-3-5-16(6-4-15)25(22,23)20-12-9-17(21)19-11-8-14-7-10-18-13-14;/h3-6,14,18,20H,2,7-13H2,1H3,(H,19,21);1H. The summed E-state index contributed by atoms with van der Waals surface area (Å²) in [5, 5.41) is 6.13. The van der Waals surface area contributed by atoms with Gasteiger partial charge in [-0.05, 0) is 63.0 Å². The number of rotatable bonds is 10. The summed E-state index contributed by atoms with van der Waals surface area (Å²) in [6.45, 7) is 5.16. The van der Waals surface area contributed by atoms with Crippen LogP contribution in [-0.4, -0.2) is 47.1 Å². The van der Waals surface area contributed by atoms with Gasteiger partial charge in [-0.25, -0.2) is 13.1 Å². The molecule has 1 atom stereocenters. The normalized spacial score (nSPS) is 16.7. The van der Waals surface area contributed by atoms with E-state index in [9.17, 15) is 13.2 Å². The van der Waals surface area contributed by atoms with Gasteiger partial charge in [-0.3, -0.25) is 4.79 Å². The Labute approximate surface area is 161 Å². The van der Waals surface area contributed by atoms with E-state index in [4.69, 9.17) is 4.74 Å². The van der Waals surface area contributed by atoms with Crippen LogP contribution in [0.3, 0.4) is 0 Å². The fraction of sp³-hybridized carbons (Fsp3) is 0.588. The van der Waals surface area contributed by atoms with Gasteiger partial charge in [0.25, 0.3) is 0 Å². The van der Waals surface area contributed by atoms with E-state index in [-0.39, 0.29) is 36.2 Å². The van der Waals surface area contributed by atoms with E-state index in [1.54, 1.807) is 12.1 Å². The van der Waals surface area contributed by atoms with Crippen LogP contribution in [0.25, 0.3) is 0 Å². The lowest BCUT2D eigenvalue weighted by Gasteiger charge is -2.10. The number of halogens is 1. The molecule has 1 aromatic rings. The quantitative estimate of drug-likeness (QED) is 0.545. The minimum absolute atomic E-state index is 0. The van der Waals surface area contributed by atoms with Crippen molar-refractivity contribution in [2.24, 2.45) is 5.92 Å². The molecule has 0 saturated carbocycles. The maximum Gasteiger partial charge on any atom is 0.240 e. The van der Waals surface area contributed by atoms with Crippen LogP contribution >= 0.6 is 12.4 Å². The number of benzene rings is 1. The highest BCUT2D eigenvalue weighted by atomic mass is 35.5. The van der Waals surface area contributed by atoms with E-state index in [0.717, 1.165) is 25.9 Å². The predicted octanol–water partition coefficient (Wildman–Crippen LogP) is 1.29. The van der Waals surface area contributed by atoms with Crippen LogP contribution in [0.1, 0.15) is 26.2 Å². The summed E-state index contributed by atoms with van der Waals surface area (Å²) >= 11 is 0. The minimum atomic E-state index is -3.62. The zero-order valence-corrected chi connectivity index (χ0v) is 16.6. The molecule has 1 fully saturated rings. The molecule has 0 radical (unpaired) electrons. The first-order valence-corrected chi connectivity index (χ1v) is 10.2. The number of ether oxygens (including phenoxy) is 1. The summed E-state index contributed by atoms with van der Waals surface area (Å²) < 4.78 is 32.1. The molecule has 148 valence electrons. The molecule has 2 rings (SSSR count). The Hall–Kier alpha value is -1.35. The molecule has 1 aromatic carbocycles. The Balaban J connectivity index is 0.00000338. The molecule has 1 aliphatic rings. The van der Waals surface area contributed by atoms with Gasteiger partial charge in [-0.15, -0.1) is 12.4 Å². The van der Waals surface area contributed by atoms with Crippen molar-refractivity contribution >= 4 is 28.3 Å². The maximum absolute atomic E-state index is 12.2. The molecule has 1 aliphatic heterocycles. The largest absolute Gasteiger partial charge is 0.494 e. The Morgan fingerprint density at radius 1 is 1.27 bits per heavy atom. The predicted molar refractivity (Wildman–Crippen MR) is 103 cm³/mol. The lowest BCUT2D eigenvalue weighted by Crippen LogP contribution is -2.31. The molecule has 0 spiro atoms. The van der Waals surface area contributed by atoms with E-state index >= 15 is 0 Å². The molecule has 3 N–H and O–H groups in total. The summed E-state index contributed by atoms with van der Waals surface area (Å²) in [5.74, 6) is 1.11. The van der Waals surface area contributed by atoms with Gasteiger partial charge in [0.15, 0.2) is 0 Å². The molecular formula is C17H28ClN3O4S. The Kier molecular flexibility index (Phi) is 9.93. The Morgan fingerprint density at radius 3 is 2.62 bits per heavy atom. The number of nitrogens with one attached hydrogen (secondary N) is 3. The van der Waals surface area contributed by atoms with Crippen molar-refractivity contribution in [3.8, 4) is 5.75 Å². The molecule has 0 aromatic heterocycles. The topological polar surface area (TPSA) is 96.5 Å². The zero-order chi connectivity index (χ0) is 18.1. The van der Waals surface area contributed by atoms with Gasteiger partial charge < -0.3 is 15.4 Å². The van der Waals surface area contributed by atoms with Crippen LogP contribution in [0.2, 0.25) is 0 Å². The van der Waals surface area contributed by atoms with E-state index < -0.39 is 10.0 Å². The van der Waals surface area contributed by atoms with Crippen LogP contribution < -0.4 is 20.1 Å².